The SMILES string of the molecule is CCCC[C@H](Oc1ccc(C=CC(=O)O)c(Cl)c1)c1cccc(-c2ccc(C(F)(F)F)cc2)n1. The molecule has 0 aliphatic carbocycles. The van der Waals surface area contributed by atoms with Gasteiger partial charge in [-0.25, -0.2) is 9.78 Å². The fourth-order valence-corrected chi connectivity index (χ4v) is 3.55. The van der Waals surface area contributed by atoms with E-state index >= 15 is 0 Å². The molecule has 0 radical (unpaired) electrons. The topological polar surface area (TPSA) is 59.4 Å². The number of pyridine rings is 1. The highest BCUT2D eigenvalue weighted by Gasteiger charge is 2.30. The summed E-state index contributed by atoms with van der Waals surface area (Å²) >= 11 is 6.28. The van der Waals surface area contributed by atoms with Crippen LogP contribution in [0.5, 0.6) is 5.75 Å². The van der Waals surface area contributed by atoms with Gasteiger partial charge in [-0.05, 0) is 66.9 Å². The van der Waals surface area contributed by atoms with Crippen LogP contribution in [0.2, 0.25) is 5.02 Å². The van der Waals surface area contributed by atoms with Crippen LogP contribution in [0.3, 0.4) is 0 Å². The van der Waals surface area contributed by atoms with Crippen molar-refractivity contribution in [3.8, 4) is 17.0 Å². The Bertz CT molecular complexity index is 1160. The van der Waals surface area contributed by atoms with Gasteiger partial charge in [-0.15, -0.1) is 0 Å². The lowest BCUT2D eigenvalue weighted by atomic mass is 10.1. The summed E-state index contributed by atoms with van der Waals surface area (Å²) in [5.41, 5.74) is 1.60. The molecule has 4 nitrogen and oxygen atoms in total. The quantitative estimate of drug-likeness (QED) is 0.311. The molecule has 3 aromatic rings. The zero-order valence-electron chi connectivity index (χ0n) is 18.3. The number of aromatic nitrogens is 1. The third kappa shape index (κ3) is 6.84. The van der Waals surface area contributed by atoms with Gasteiger partial charge in [0.2, 0.25) is 0 Å². The highest BCUT2D eigenvalue weighted by Crippen LogP contribution is 2.32. The molecule has 0 spiro atoms. The van der Waals surface area contributed by atoms with E-state index in [4.69, 9.17) is 21.4 Å². The first kappa shape index (κ1) is 25.3. The smallest absolute Gasteiger partial charge is 0.416 e. The van der Waals surface area contributed by atoms with Gasteiger partial charge < -0.3 is 9.84 Å². The minimum Gasteiger partial charge on any atom is -0.484 e. The molecule has 0 saturated heterocycles. The zero-order valence-corrected chi connectivity index (χ0v) is 19.1. The van der Waals surface area contributed by atoms with E-state index in [1.54, 1.807) is 30.3 Å². The fraction of sp³-hybridized carbons (Fsp3) is 0.231. The van der Waals surface area contributed by atoms with Gasteiger partial charge in [0.1, 0.15) is 11.9 Å². The summed E-state index contributed by atoms with van der Waals surface area (Å²) in [6.07, 6.45) is 0.111. The highest BCUT2D eigenvalue weighted by atomic mass is 35.5. The molecule has 0 amide bonds. The van der Waals surface area contributed by atoms with Gasteiger partial charge in [-0.1, -0.05) is 43.1 Å². The monoisotopic (exact) mass is 489 g/mol. The minimum atomic E-state index is -4.40. The lowest BCUT2D eigenvalue weighted by molar-refractivity contribution is -0.137. The molecular weight excluding hydrogens is 467 g/mol. The predicted molar refractivity (Wildman–Crippen MR) is 126 cm³/mol. The average molecular weight is 490 g/mol. The van der Waals surface area contributed by atoms with Crippen molar-refractivity contribution in [2.24, 2.45) is 0 Å². The molecule has 3 rings (SSSR count). The van der Waals surface area contributed by atoms with E-state index < -0.39 is 23.8 Å². The number of carboxylic acid groups (broad SMARTS) is 1. The molecule has 2 aromatic carbocycles. The van der Waals surface area contributed by atoms with Crippen molar-refractivity contribution < 1.29 is 27.8 Å². The van der Waals surface area contributed by atoms with Crippen molar-refractivity contribution in [2.45, 2.75) is 38.5 Å². The third-order valence-corrected chi connectivity index (χ3v) is 5.41. The maximum atomic E-state index is 12.9. The van der Waals surface area contributed by atoms with Crippen molar-refractivity contribution in [2.75, 3.05) is 0 Å². The van der Waals surface area contributed by atoms with E-state index in [1.165, 1.54) is 18.2 Å². The molecule has 8 heteroatoms. The van der Waals surface area contributed by atoms with E-state index in [0.717, 1.165) is 31.1 Å². The first-order valence-corrected chi connectivity index (χ1v) is 11.1. The maximum absolute atomic E-state index is 12.9. The number of benzene rings is 2. The molecule has 1 N–H and O–H groups in total. The zero-order chi connectivity index (χ0) is 24.7. The van der Waals surface area contributed by atoms with Crippen molar-refractivity contribution >= 4 is 23.6 Å². The van der Waals surface area contributed by atoms with E-state index in [2.05, 4.69) is 11.9 Å². The van der Waals surface area contributed by atoms with E-state index in [0.29, 0.717) is 39.7 Å². The number of nitrogens with zero attached hydrogens (tertiary/aromatic N) is 1. The second-order valence-corrected chi connectivity index (χ2v) is 8.03. The Labute approximate surface area is 200 Å². The number of hydrogen-bond acceptors (Lipinski definition) is 3. The first-order valence-electron chi connectivity index (χ1n) is 10.7. The standard InChI is InChI=1S/C26H23ClF3NO3/c1-2-3-7-24(34-20-14-10-17(21(27)16-20)11-15-25(32)33)23-6-4-5-22(31-23)18-8-12-19(13-9-18)26(28,29)30/h4-6,8-16,24H,2-3,7H2,1H3,(H,32,33)/t24-/m0/s1. The number of unbranched alkanes of at least 4 members (excludes halogenated alkanes) is 1. The molecule has 0 bridgehead atoms. The largest absolute Gasteiger partial charge is 0.484 e. The van der Waals surface area contributed by atoms with Crippen molar-refractivity contribution in [1.82, 2.24) is 4.98 Å². The Hall–Kier alpha value is -3.32. The third-order valence-electron chi connectivity index (χ3n) is 5.08. The van der Waals surface area contributed by atoms with Crippen LogP contribution in [0.4, 0.5) is 13.2 Å². The number of aliphatic carboxylic acids is 1. The van der Waals surface area contributed by atoms with Crippen LogP contribution in [0.25, 0.3) is 17.3 Å². The number of ether oxygens (including phenoxy) is 1. The summed E-state index contributed by atoms with van der Waals surface area (Å²) in [5.74, 6) is -0.574. The maximum Gasteiger partial charge on any atom is 0.416 e. The highest BCUT2D eigenvalue weighted by molar-refractivity contribution is 6.32. The van der Waals surface area contributed by atoms with Gasteiger partial charge in [0, 0.05) is 11.6 Å². The van der Waals surface area contributed by atoms with Crippen LogP contribution in [0, 0.1) is 0 Å². The van der Waals surface area contributed by atoms with Gasteiger partial charge in [-0.3, -0.25) is 0 Å². The molecule has 1 atom stereocenters. The fourth-order valence-electron chi connectivity index (χ4n) is 3.32. The molecule has 0 fully saturated rings. The lowest BCUT2D eigenvalue weighted by Crippen LogP contribution is -2.10. The molecular formula is C26H23ClF3NO3. The minimum absolute atomic E-state index is 0.343. The number of hydrogen-bond donors (Lipinski definition) is 1. The molecule has 178 valence electrons. The van der Waals surface area contributed by atoms with Crippen LogP contribution in [0.15, 0.2) is 66.7 Å². The van der Waals surface area contributed by atoms with Crippen LogP contribution >= 0.6 is 11.6 Å². The Morgan fingerprint density at radius 3 is 2.50 bits per heavy atom. The molecule has 1 aromatic heterocycles. The summed E-state index contributed by atoms with van der Waals surface area (Å²) < 4.78 is 44.8. The van der Waals surface area contributed by atoms with Crippen molar-refractivity contribution in [3.05, 3.63) is 88.6 Å². The summed E-state index contributed by atoms with van der Waals surface area (Å²) in [6, 6.07) is 15.2. The first-order chi connectivity index (χ1) is 16.2. The Balaban J connectivity index is 1.86. The number of rotatable bonds is 9. The lowest BCUT2D eigenvalue weighted by Gasteiger charge is -2.20. The molecule has 0 unspecified atom stereocenters. The molecule has 34 heavy (non-hydrogen) atoms. The van der Waals surface area contributed by atoms with Crippen LogP contribution in [-0.2, 0) is 11.0 Å². The van der Waals surface area contributed by atoms with E-state index in [1.807, 2.05) is 6.07 Å². The second kappa shape index (κ2) is 11.2. The van der Waals surface area contributed by atoms with Crippen LogP contribution in [-0.4, -0.2) is 16.1 Å². The second-order valence-electron chi connectivity index (χ2n) is 7.63. The summed E-state index contributed by atoms with van der Waals surface area (Å²) in [6.45, 7) is 2.06. The number of alkyl halides is 3. The van der Waals surface area contributed by atoms with Gasteiger partial charge >= 0.3 is 12.1 Å². The normalized spacial score (nSPS) is 12.6. The Morgan fingerprint density at radius 2 is 1.88 bits per heavy atom. The molecule has 1 heterocycles. The van der Waals surface area contributed by atoms with E-state index in [-0.39, 0.29) is 0 Å². The molecule has 0 saturated carbocycles. The van der Waals surface area contributed by atoms with Crippen LogP contribution in [0.1, 0.15) is 49.1 Å². The summed E-state index contributed by atoms with van der Waals surface area (Å²) in [4.78, 5) is 15.4. The van der Waals surface area contributed by atoms with Crippen molar-refractivity contribution in [1.29, 1.82) is 0 Å². The summed E-state index contributed by atoms with van der Waals surface area (Å²) in [5, 5.41) is 9.13. The van der Waals surface area contributed by atoms with Gasteiger partial charge in [0.25, 0.3) is 0 Å². The predicted octanol–water partition coefficient (Wildman–Crippen LogP) is 7.83. The average Bonchev–Trinajstić information content (AvgIpc) is 2.80. The number of carbonyl (C=O) groups is 1. The summed E-state index contributed by atoms with van der Waals surface area (Å²) in [7, 11) is 0. The number of halogens is 4. The van der Waals surface area contributed by atoms with Gasteiger partial charge in [0.15, 0.2) is 0 Å². The van der Waals surface area contributed by atoms with Crippen LogP contribution < -0.4 is 4.74 Å². The number of carboxylic acids is 1. The Morgan fingerprint density at radius 1 is 1.15 bits per heavy atom. The van der Waals surface area contributed by atoms with E-state index in [9.17, 15) is 18.0 Å². The van der Waals surface area contributed by atoms with Gasteiger partial charge in [-0.2, -0.15) is 13.2 Å². The Kier molecular flexibility index (Phi) is 8.34. The molecule has 0 aliphatic rings. The van der Waals surface area contributed by atoms with Gasteiger partial charge in [0.05, 0.1) is 22.0 Å². The molecule has 0 aliphatic heterocycles. The van der Waals surface area contributed by atoms with Crippen molar-refractivity contribution in [3.63, 3.8) is 0 Å².